The Balaban J connectivity index is 1.68. The molecule has 1 aliphatic rings. The number of halogens is 1. The quantitative estimate of drug-likeness (QED) is 0.869. The minimum Gasteiger partial charge on any atom is -0.355 e. The summed E-state index contributed by atoms with van der Waals surface area (Å²) in [6.07, 6.45) is 0.0233. The Hall–Kier alpha value is -3.22. The molecule has 0 saturated carbocycles. The van der Waals surface area contributed by atoms with Crippen LogP contribution in [0.3, 0.4) is 0 Å². The van der Waals surface area contributed by atoms with E-state index in [9.17, 15) is 18.8 Å². The zero-order valence-corrected chi connectivity index (χ0v) is 15.1. The highest BCUT2D eigenvalue weighted by atomic mass is 19.1. The third-order valence-electron chi connectivity index (χ3n) is 4.53. The van der Waals surface area contributed by atoms with Crippen molar-refractivity contribution in [3.05, 3.63) is 59.4 Å². The lowest BCUT2D eigenvalue weighted by Crippen LogP contribution is -2.28. The van der Waals surface area contributed by atoms with Crippen LogP contribution < -0.4 is 15.5 Å². The van der Waals surface area contributed by atoms with E-state index in [-0.39, 0.29) is 36.4 Å². The molecular weight excluding hydrogens is 349 g/mol. The lowest BCUT2D eigenvalue weighted by molar-refractivity contribution is -0.122. The fourth-order valence-electron chi connectivity index (χ4n) is 3.04. The van der Waals surface area contributed by atoms with Gasteiger partial charge in [0.25, 0.3) is 5.91 Å². The molecule has 0 aliphatic carbocycles. The molecule has 3 amide bonds. The summed E-state index contributed by atoms with van der Waals surface area (Å²) >= 11 is 0. The van der Waals surface area contributed by atoms with E-state index in [2.05, 4.69) is 10.6 Å². The molecule has 1 saturated heterocycles. The van der Waals surface area contributed by atoms with E-state index in [1.807, 2.05) is 0 Å². The lowest BCUT2D eigenvalue weighted by atomic mass is 10.1. The largest absolute Gasteiger partial charge is 0.355 e. The molecule has 0 aromatic heterocycles. The van der Waals surface area contributed by atoms with Gasteiger partial charge in [0.1, 0.15) is 5.82 Å². The van der Waals surface area contributed by atoms with Crippen molar-refractivity contribution in [2.75, 3.05) is 23.8 Å². The summed E-state index contributed by atoms with van der Waals surface area (Å²) in [5, 5.41) is 5.26. The molecule has 27 heavy (non-hydrogen) atoms. The number of carbonyl (C=O) groups is 3. The van der Waals surface area contributed by atoms with Gasteiger partial charge in [-0.25, -0.2) is 4.39 Å². The summed E-state index contributed by atoms with van der Waals surface area (Å²) in [5.74, 6) is -1.87. The van der Waals surface area contributed by atoms with Crippen LogP contribution in [-0.4, -0.2) is 31.3 Å². The molecule has 7 heteroatoms. The van der Waals surface area contributed by atoms with Crippen molar-refractivity contribution in [3.8, 4) is 0 Å². The number of hydrogen-bond donors (Lipinski definition) is 2. The molecule has 3 rings (SSSR count). The fourth-order valence-corrected chi connectivity index (χ4v) is 3.04. The van der Waals surface area contributed by atoms with Crippen LogP contribution in [0.5, 0.6) is 0 Å². The predicted molar refractivity (Wildman–Crippen MR) is 100 cm³/mol. The lowest BCUT2D eigenvalue weighted by Gasteiger charge is -2.18. The van der Waals surface area contributed by atoms with Gasteiger partial charge >= 0.3 is 0 Å². The second-order valence-corrected chi connectivity index (χ2v) is 6.51. The van der Waals surface area contributed by atoms with Crippen LogP contribution in [0.4, 0.5) is 15.8 Å². The zero-order chi connectivity index (χ0) is 19.6. The highest BCUT2D eigenvalue weighted by Gasteiger charge is 2.36. The summed E-state index contributed by atoms with van der Waals surface area (Å²) < 4.78 is 14.2. The van der Waals surface area contributed by atoms with Crippen LogP contribution in [-0.2, 0) is 9.59 Å². The second-order valence-electron chi connectivity index (χ2n) is 6.51. The molecule has 2 aromatic carbocycles. The Labute approximate surface area is 156 Å². The van der Waals surface area contributed by atoms with Crippen molar-refractivity contribution >= 4 is 29.1 Å². The summed E-state index contributed by atoms with van der Waals surface area (Å²) in [6.45, 7) is 1.89. The normalized spacial score (nSPS) is 16.3. The molecule has 1 heterocycles. The minimum atomic E-state index is -0.572. The topological polar surface area (TPSA) is 78.5 Å². The Morgan fingerprint density at radius 1 is 1.15 bits per heavy atom. The average Bonchev–Trinajstić information content (AvgIpc) is 3.03. The Morgan fingerprint density at radius 2 is 1.85 bits per heavy atom. The van der Waals surface area contributed by atoms with Gasteiger partial charge < -0.3 is 15.5 Å². The predicted octanol–water partition coefficient (Wildman–Crippen LogP) is 2.49. The van der Waals surface area contributed by atoms with E-state index < -0.39 is 11.7 Å². The van der Waals surface area contributed by atoms with Crippen LogP contribution in [0.15, 0.2) is 42.5 Å². The monoisotopic (exact) mass is 369 g/mol. The van der Waals surface area contributed by atoms with Crippen molar-refractivity contribution in [1.29, 1.82) is 0 Å². The summed E-state index contributed by atoms with van der Waals surface area (Å²) in [5.41, 5.74) is 1.96. The number of aryl methyl sites for hydroxylation is 1. The maximum absolute atomic E-state index is 14.2. The molecule has 1 aliphatic heterocycles. The third-order valence-corrected chi connectivity index (χ3v) is 4.53. The maximum Gasteiger partial charge on any atom is 0.251 e. The molecule has 1 atom stereocenters. The SMILES string of the molecule is CNC(=O)c1ccc(NC(=O)C2CC(=O)N(c3ccc(C)cc3F)C2)cc1. The van der Waals surface area contributed by atoms with Gasteiger partial charge in [0.15, 0.2) is 0 Å². The van der Waals surface area contributed by atoms with Crippen LogP contribution >= 0.6 is 0 Å². The number of carbonyl (C=O) groups excluding carboxylic acids is 3. The van der Waals surface area contributed by atoms with E-state index >= 15 is 0 Å². The minimum absolute atomic E-state index is 0.0233. The van der Waals surface area contributed by atoms with Crippen LogP contribution in [0, 0.1) is 18.7 Å². The van der Waals surface area contributed by atoms with Crippen LogP contribution in [0.1, 0.15) is 22.3 Å². The number of nitrogens with one attached hydrogen (secondary N) is 2. The maximum atomic E-state index is 14.2. The molecule has 1 unspecified atom stereocenters. The molecule has 2 aromatic rings. The summed E-state index contributed by atoms with van der Waals surface area (Å²) in [4.78, 5) is 37.6. The zero-order valence-electron chi connectivity index (χ0n) is 15.1. The van der Waals surface area contributed by atoms with Crippen molar-refractivity contribution in [2.45, 2.75) is 13.3 Å². The van der Waals surface area contributed by atoms with Gasteiger partial charge in [-0.2, -0.15) is 0 Å². The standard InChI is InChI=1S/C20H20FN3O3/c1-12-3-8-17(16(21)9-12)24-11-14(10-18(24)25)20(27)23-15-6-4-13(5-7-15)19(26)22-2/h3-9,14H,10-11H2,1-2H3,(H,22,26)(H,23,27). The average molecular weight is 369 g/mol. The summed E-state index contributed by atoms with van der Waals surface area (Å²) in [7, 11) is 1.54. The van der Waals surface area contributed by atoms with Gasteiger partial charge in [-0.15, -0.1) is 0 Å². The van der Waals surface area contributed by atoms with Gasteiger partial charge in [-0.3, -0.25) is 14.4 Å². The van der Waals surface area contributed by atoms with Gasteiger partial charge in [0.2, 0.25) is 11.8 Å². The van der Waals surface area contributed by atoms with Crippen molar-refractivity contribution < 1.29 is 18.8 Å². The van der Waals surface area contributed by atoms with E-state index in [0.717, 1.165) is 5.56 Å². The van der Waals surface area contributed by atoms with Gasteiger partial charge in [0.05, 0.1) is 11.6 Å². The molecular formula is C20H20FN3O3. The first-order chi connectivity index (χ1) is 12.9. The third kappa shape index (κ3) is 3.97. The van der Waals surface area contributed by atoms with Crippen LogP contribution in [0.2, 0.25) is 0 Å². The number of benzene rings is 2. The number of nitrogens with zero attached hydrogens (tertiary/aromatic N) is 1. The molecule has 1 fully saturated rings. The second kappa shape index (κ2) is 7.57. The van der Waals surface area contributed by atoms with E-state index in [0.29, 0.717) is 11.3 Å². The van der Waals surface area contributed by atoms with E-state index in [4.69, 9.17) is 0 Å². The Morgan fingerprint density at radius 3 is 2.48 bits per heavy atom. The van der Waals surface area contributed by atoms with Gasteiger partial charge in [0, 0.05) is 31.3 Å². The highest BCUT2D eigenvalue weighted by Crippen LogP contribution is 2.28. The first-order valence-electron chi connectivity index (χ1n) is 8.58. The molecule has 0 bridgehead atoms. The van der Waals surface area contributed by atoms with Gasteiger partial charge in [-0.1, -0.05) is 6.07 Å². The highest BCUT2D eigenvalue weighted by molar-refractivity contribution is 6.03. The summed E-state index contributed by atoms with van der Waals surface area (Å²) in [6, 6.07) is 11.1. The van der Waals surface area contributed by atoms with E-state index in [1.165, 1.54) is 18.0 Å². The molecule has 6 nitrogen and oxygen atoms in total. The van der Waals surface area contributed by atoms with Crippen molar-refractivity contribution in [2.24, 2.45) is 5.92 Å². The Bertz CT molecular complexity index is 896. The molecule has 140 valence electrons. The fraction of sp³-hybridized carbons (Fsp3) is 0.250. The van der Waals surface area contributed by atoms with Gasteiger partial charge in [-0.05, 0) is 48.9 Å². The van der Waals surface area contributed by atoms with Crippen molar-refractivity contribution in [1.82, 2.24) is 5.32 Å². The first kappa shape index (κ1) is 18.6. The number of anilines is 2. The van der Waals surface area contributed by atoms with Crippen molar-refractivity contribution in [3.63, 3.8) is 0 Å². The number of rotatable bonds is 4. The molecule has 2 N–H and O–H groups in total. The number of hydrogen-bond acceptors (Lipinski definition) is 3. The first-order valence-corrected chi connectivity index (χ1v) is 8.58. The van der Waals surface area contributed by atoms with Crippen LogP contribution in [0.25, 0.3) is 0 Å². The smallest absolute Gasteiger partial charge is 0.251 e. The van der Waals surface area contributed by atoms with E-state index in [1.54, 1.807) is 43.3 Å². The molecule has 0 radical (unpaired) electrons. The number of amides is 3. The molecule has 0 spiro atoms. The Kier molecular flexibility index (Phi) is 5.21.